The van der Waals surface area contributed by atoms with E-state index < -0.39 is 11.8 Å². The summed E-state index contributed by atoms with van der Waals surface area (Å²) in [6.45, 7) is 0. The first-order chi connectivity index (χ1) is 12.1. The first-order valence-corrected chi connectivity index (χ1v) is 7.88. The summed E-state index contributed by atoms with van der Waals surface area (Å²) in [5.41, 5.74) is 3.48. The van der Waals surface area contributed by atoms with Gasteiger partial charge in [0.05, 0.1) is 6.21 Å². The Hall–Kier alpha value is -3.18. The van der Waals surface area contributed by atoms with Crippen LogP contribution in [0.3, 0.4) is 0 Å². The van der Waals surface area contributed by atoms with Crippen LogP contribution in [0, 0.1) is 0 Å². The summed E-state index contributed by atoms with van der Waals surface area (Å²) >= 11 is 5.78. The van der Waals surface area contributed by atoms with Crippen molar-refractivity contribution in [2.75, 3.05) is 5.32 Å². The van der Waals surface area contributed by atoms with Gasteiger partial charge >= 0.3 is 11.8 Å². The fourth-order valence-corrected chi connectivity index (χ4v) is 2.35. The Bertz CT molecular complexity index is 952. The molecule has 0 unspecified atom stereocenters. The van der Waals surface area contributed by atoms with Crippen LogP contribution in [-0.4, -0.2) is 18.0 Å². The van der Waals surface area contributed by atoms with E-state index in [0.29, 0.717) is 10.7 Å². The zero-order chi connectivity index (χ0) is 17.6. The number of halogens is 1. The molecule has 3 rings (SSSR count). The molecule has 5 nitrogen and oxygen atoms in total. The number of nitrogens with zero attached hydrogens (tertiary/aromatic N) is 1. The van der Waals surface area contributed by atoms with Gasteiger partial charge in [0, 0.05) is 10.7 Å². The number of hydrogen-bond acceptors (Lipinski definition) is 3. The molecule has 0 radical (unpaired) electrons. The van der Waals surface area contributed by atoms with Crippen molar-refractivity contribution in [3.63, 3.8) is 0 Å². The van der Waals surface area contributed by atoms with Crippen LogP contribution in [0.4, 0.5) is 5.69 Å². The van der Waals surface area contributed by atoms with E-state index in [4.69, 9.17) is 11.6 Å². The SMILES string of the molecule is O=C(N/N=C/c1ccc(Cl)cc1)C(=O)Nc1ccc2ccccc2c1. The average molecular weight is 352 g/mol. The molecule has 0 aliphatic carbocycles. The molecule has 0 fully saturated rings. The molecule has 25 heavy (non-hydrogen) atoms. The lowest BCUT2D eigenvalue weighted by Crippen LogP contribution is -2.32. The number of carbonyl (C=O) groups is 2. The smallest absolute Gasteiger partial charge is 0.318 e. The van der Waals surface area contributed by atoms with Crippen LogP contribution in [-0.2, 0) is 9.59 Å². The summed E-state index contributed by atoms with van der Waals surface area (Å²) in [6, 6.07) is 20.1. The third-order valence-corrected chi connectivity index (χ3v) is 3.72. The molecule has 2 N–H and O–H groups in total. The van der Waals surface area contributed by atoms with Crippen molar-refractivity contribution < 1.29 is 9.59 Å². The Balaban J connectivity index is 1.59. The zero-order valence-electron chi connectivity index (χ0n) is 13.1. The van der Waals surface area contributed by atoms with Gasteiger partial charge in [-0.2, -0.15) is 5.10 Å². The molecule has 3 aromatic carbocycles. The molecule has 0 aromatic heterocycles. The molecule has 0 spiro atoms. The first-order valence-electron chi connectivity index (χ1n) is 7.50. The van der Waals surface area contributed by atoms with Crippen molar-refractivity contribution in [3.8, 4) is 0 Å². The molecular formula is C19H14ClN3O2. The molecular weight excluding hydrogens is 338 g/mol. The van der Waals surface area contributed by atoms with E-state index in [9.17, 15) is 9.59 Å². The van der Waals surface area contributed by atoms with Crippen LogP contribution in [0.5, 0.6) is 0 Å². The summed E-state index contributed by atoms with van der Waals surface area (Å²) < 4.78 is 0. The molecule has 2 amide bonds. The van der Waals surface area contributed by atoms with Crippen LogP contribution in [0.2, 0.25) is 5.02 Å². The maximum atomic E-state index is 11.9. The van der Waals surface area contributed by atoms with Crippen LogP contribution < -0.4 is 10.7 Å². The van der Waals surface area contributed by atoms with Crippen molar-refractivity contribution in [1.82, 2.24) is 5.43 Å². The van der Waals surface area contributed by atoms with Crippen molar-refractivity contribution in [2.45, 2.75) is 0 Å². The van der Waals surface area contributed by atoms with E-state index in [1.54, 1.807) is 36.4 Å². The van der Waals surface area contributed by atoms with Crippen LogP contribution in [0.15, 0.2) is 71.8 Å². The Morgan fingerprint density at radius 3 is 2.36 bits per heavy atom. The molecule has 0 aliphatic heterocycles. The number of rotatable bonds is 3. The van der Waals surface area contributed by atoms with Gasteiger partial charge in [-0.1, -0.05) is 54.1 Å². The number of nitrogens with one attached hydrogen (secondary N) is 2. The number of hydrogen-bond donors (Lipinski definition) is 2. The number of hydrazone groups is 1. The monoisotopic (exact) mass is 351 g/mol. The Labute approximate surface area is 149 Å². The van der Waals surface area contributed by atoms with Crippen LogP contribution >= 0.6 is 11.6 Å². The molecule has 124 valence electrons. The molecule has 0 saturated carbocycles. The molecule has 6 heteroatoms. The van der Waals surface area contributed by atoms with E-state index in [-0.39, 0.29) is 0 Å². The van der Waals surface area contributed by atoms with Gasteiger partial charge in [-0.25, -0.2) is 5.43 Å². The predicted octanol–water partition coefficient (Wildman–Crippen LogP) is 3.58. The van der Waals surface area contributed by atoms with E-state index in [0.717, 1.165) is 16.3 Å². The third kappa shape index (κ3) is 4.43. The van der Waals surface area contributed by atoms with E-state index in [1.165, 1.54) is 6.21 Å². The highest BCUT2D eigenvalue weighted by atomic mass is 35.5. The maximum absolute atomic E-state index is 11.9. The van der Waals surface area contributed by atoms with E-state index in [2.05, 4.69) is 15.8 Å². The van der Waals surface area contributed by atoms with Crippen molar-refractivity contribution >= 4 is 46.1 Å². The summed E-state index contributed by atoms with van der Waals surface area (Å²) in [7, 11) is 0. The zero-order valence-corrected chi connectivity index (χ0v) is 13.8. The fourth-order valence-electron chi connectivity index (χ4n) is 2.22. The van der Waals surface area contributed by atoms with E-state index in [1.807, 2.05) is 30.3 Å². The molecule has 0 aliphatic rings. The number of anilines is 1. The lowest BCUT2D eigenvalue weighted by atomic mass is 10.1. The minimum absolute atomic E-state index is 0.542. The van der Waals surface area contributed by atoms with Gasteiger partial charge in [-0.15, -0.1) is 0 Å². The Morgan fingerprint density at radius 1 is 0.880 bits per heavy atom. The summed E-state index contributed by atoms with van der Waals surface area (Å²) in [4.78, 5) is 23.7. The largest absolute Gasteiger partial charge is 0.329 e. The van der Waals surface area contributed by atoms with Crippen LogP contribution in [0.1, 0.15) is 5.56 Å². The second kappa shape index (κ2) is 7.59. The number of amides is 2. The summed E-state index contributed by atoms with van der Waals surface area (Å²) in [6.07, 6.45) is 1.43. The van der Waals surface area contributed by atoms with Crippen molar-refractivity contribution in [1.29, 1.82) is 0 Å². The van der Waals surface area contributed by atoms with Gasteiger partial charge < -0.3 is 5.32 Å². The van der Waals surface area contributed by atoms with Crippen molar-refractivity contribution in [3.05, 3.63) is 77.3 Å². The molecule has 0 atom stereocenters. The third-order valence-electron chi connectivity index (χ3n) is 3.46. The average Bonchev–Trinajstić information content (AvgIpc) is 2.63. The highest BCUT2D eigenvalue weighted by Crippen LogP contribution is 2.18. The van der Waals surface area contributed by atoms with Gasteiger partial charge in [0.15, 0.2) is 0 Å². The Morgan fingerprint density at radius 2 is 1.60 bits per heavy atom. The summed E-state index contributed by atoms with van der Waals surface area (Å²) in [5.74, 6) is -1.64. The second-order valence-electron chi connectivity index (χ2n) is 5.27. The van der Waals surface area contributed by atoms with Gasteiger partial charge in [-0.05, 0) is 40.6 Å². The standard InChI is InChI=1S/C19H14ClN3O2/c20-16-8-5-13(6-9-16)12-21-23-19(25)18(24)22-17-10-7-14-3-1-2-4-15(14)11-17/h1-12H,(H,22,24)(H,23,25)/b21-12+. The summed E-state index contributed by atoms with van der Waals surface area (Å²) in [5, 5.41) is 8.94. The van der Waals surface area contributed by atoms with Gasteiger partial charge in [-0.3, -0.25) is 9.59 Å². The van der Waals surface area contributed by atoms with Crippen LogP contribution in [0.25, 0.3) is 10.8 Å². The van der Waals surface area contributed by atoms with Gasteiger partial charge in [0.2, 0.25) is 0 Å². The van der Waals surface area contributed by atoms with Crippen molar-refractivity contribution in [2.24, 2.45) is 5.10 Å². The molecule has 0 saturated heterocycles. The molecule has 0 heterocycles. The van der Waals surface area contributed by atoms with Gasteiger partial charge in [0.1, 0.15) is 0 Å². The highest BCUT2D eigenvalue weighted by Gasteiger charge is 2.12. The lowest BCUT2D eigenvalue weighted by Gasteiger charge is -2.05. The quantitative estimate of drug-likeness (QED) is 0.430. The number of benzene rings is 3. The lowest BCUT2D eigenvalue weighted by molar-refractivity contribution is -0.136. The maximum Gasteiger partial charge on any atom is 0.329 e. The topological polar surface area (TPSA) is 70.6 Å². The normalized spacial score (nSPS) is 10.8. The number of fused-ring (bicyclic) bond motifs is 1. The predicted molar refractivity (Wildman–Crippen MR) is 99.8 cm³/mol. The van der Waals surface area contributed by atoms with Gasteiger partial charge in [0.25, 0.3) is 0 Å². The molecule has 0 bridgehead atoms. The number of carbonyl (C=O) groups excluding carboxylic acids is 2. The Kier molecular flexibility index (Phi) is 5.06. The minimum Gasteiger partial charge on any atom is -0.318 e. The second-order valence-corrected chi connectivity index (χ2v) is 5.70. The fraction of sp³-hybridized carbons (Fsp3) is 0. The minimum atomic E-state index is -0.849. The molecule has 3 aromatic rings. The van der Waals surface area contributed by atoms with E-state index >= 15 is 0 Å². The highest BCUT2D eigenvalue weighted by molar-refractivity contribution is 6.39. The first kappa shape index (κ1) is 16.7.